The van der Waals surface area contributed by atoms with Crippen molar-refractivity contribution in [2.24, 2.45) is 0 Å². The molecule has 0 saturated carbocycles. The average molecular weight is 415 g/mol. The van der Waals surface area contributed by atoms with Gasteiger partial charge in [0.05, 0.1) is 7.11 Å². The molecule has 0 saturated heterocycles. The molecule has 30 heavy (non-hydrogen) atoms. The van der Waals surface area contributed by atoms with Crippen molar-refractivity contribution >= 4 is 11.9 Å². The highest BCUT2D eigenvalue weighted by Gasteiger charge is 2.27. The zero-order chi connectivity index (χ0) is 22.1. The molecule has 1 aromatic carbocycles. The number of benzene rings is 1. The van der Waals surface area contributed by atoms with Crippen LogP contribution in [0, 0.1) is 0 Å². The molecule has 0 spiro atoms. The third-order valence-electron chi connectivity index (χ3n) is 4.99. The Hall–Kier alpha value is -3.09. The summed E-state index contributed by atoms with van der Waals surface area (Å²) in [5, 5.41) is 12.6. The van der Waals surface area contributed by atoms with Crippen LogP contribution in [0.1, 0.15) is 62.0 Å². The highest BCUT2D eigenvalue weighted by Crippen LogP contribution is 2.29. The number of aromatic nitrogens is 1. The summed E-state index contributed by atoms with van der Waals surface area (Å²) in [6, 6.07) is 10.5. The third kappa shape index (κ3) is 5.95. The topological polar surface area (TPSA) is 97.8 Å². The summed E-state index contributed by atoms with van der Waals surface area (Å²) in [5.74, 6) is -1.41. The molecule has 2 rings (SSSR count). The predicted octanol–water partition coefficient (Wildman–Crippen LogP) is 3.82. The van der Waals surface area contributed by atoms with Crippen LogP contribution in [-0.4, -0.2) is 41.2 Å². The van der Waals surface area contributed by atoms with Crippen molar-refractivity contribution in [1.82, 2.24) is 10.3 Å². The molecule has 0 aliphatic carbocycles. The lowest BCUT2D eigenvalue weighted by Crippen LogP contribution is -2.41. The number of unbranched alkanes of at least 4 members (excludes halogenated alkanes) is 1. The number of hydrogen-bond donors (Lipinski definition) is 2. The summed E-state index contributed by atoms with van der Waals surface area (Å²) in [5.41, 5.74) is 0.903. The van der Waals surface area contributed by atoms with Crippen LogP contribution in [0.3, 0.4) is 0 Å². The third-order valence-corrected chi connectivity index (χ3v) is 4.99. The molecule has 7 nitrogen and oxygen atoms in total. The van der Waals surface area contributed by atoms with Crippen LogP contribution in [0.25, 0.3) is 0 Å². The molecule has 0 radical (unpaired) electrons. The van der Waals surface area contributed by atoms with Gasteiger partial charge in [-0.15, -0.1) is 0 Å². The lowest BCUT2D eigenvalue weighted by molar-refractivity contribution is -0.151. The van der Waals surface area contributed by atoms with Gasteiger partial charge in [-0.05, 0) is 25.8 Å². The number of carbonyl (C=O) groups is 2. The van der Waals surface area contributed by atoms with E-state index in [2.05, 4.69) is 17.2 Å². The molecule has 0 aliphatic heterocycles. The quantitative estimate of drug-likeness (QED) is 0.574. The molecule has 0 aliphatic rings. The molecule has 0 bridgehead atoms. The van der Waals surface area contributed by atoms with Gasteiger partial charge in [-0.25, -0.2) is 9.78 Å². The molecule has 3 atom stereocenters. The number of methoxy groups -OCH3 is 1. The number of ether oxygens (including phenoxy) is 2. The zero-order valence-corrected chi connectivity index (χ0v) is 17.9. The summed E-state index contributed by atoms with van der Waals surface area (Å²) in [6.07, 6.45) is 3.96. The van der Waals surface area contributed by atoms with Crippen LogP contribution < -0.4 is 10.1 Å². The Morgan fingerprint density at radius 1 is 1.17 bits per heavy atom. The van der Waals surface area contributed by atoms with Crippen molar-refractivity contribution in [3.8, 4) is 11.5 Å². The number of amides is 1. The van der Waals surface area contributed by atoms with Crippen molar-refractivity contribution in [2.45, 2.75) is 58.1 Å². The molecule has 1 aromatic heterocycles. The SMILES string of the molecule is CCCC[C@H](c1ccccc1)[C@H](C)OC(=O)[C@H](C)NC(=O)c1nccc(OC)c1O. The lowest BCUT2D eigenvalue weighted by Gasteiger charge is -2.26. The summed E-state index contributed by atoms with van der Waals surface area (Å²) >= 11 is 0. The highest BCUT2D eigenvalue weighted by molar-refractivity contribution is 5.97. The van der Waals surface area contributed by atoms with Crippen molar-refractivity contribution < 1.29 is 24.2 Å². The van der Waals surface area contributed by atoms with E-state index in [9.17, 15) is 14.7 Å². The van der Waals surface area contributed by atoms with Crippen molar-refractivity contribution in [2.75, 3.05) is 7.11 Å². The number of hydrogen-bond acceptors (Lipinski definition) is 6. The first-order chi connectivity index (χ1) is 14.4. The van der Waals surface area contributed by atoms with Gasteiger partial charge >= 0.3 is 5.97 Å². The molecule has 2 aromatic rings. The minimum Gasteiger partial charge on any atom is -0.503 e. The van der Waals surface area contributed by atoms with Crippen LogP contribution in [0.5, 0.6) is 11.5 Å². The number of pyridine rings is 1. The highest BCUT2D eigenvalue weighted by atomic mass is 16.5. The lowest BCUT2D eigenvalue weighted by atomic mass is 9.89. The van der Waals surface area contributed by atoms with Crippen molar-refractivity contribution in [1.29, 1.82) is 0 Å². The average Bonchev–Trinajstić information content (AvgIpc) is 2.74. The Bertz CT molecular complexity index is 841. The van der Waals surface area contributed by atoms with E-state index in [4.69, 9.17) is 9.47 Å². The summed E-state index contributed by atoms with van der Waals surface area (Å²) in [4.78, 5) is 28.9. The van der Waals surface area contributed by atoms with Crippen LogP contribution in [0.2, 0.25) is 0 Å². The van der Waals surface area contributed by atoms with Gasteiger partial charge in [-0.3, -0.25) is 4.79 Å². The predicted molar refractivity (Wildman–Crippen MR) is 114 cm³/mol. The molecular weight excluding hydrogens is 384 g/mol. The van der Waals surface area contributed by atoms with Crippen LogP contribution in [-0.2, 0) is 9.53 Å². The van der Waals surface area contributed by atoms with E-state index in [0.29, 0.717) is 0 Å². The first-order valence-electron chi connectivity index (χ1n) is 10.2. The van der Waals surface area contributed by atoms with Crippen molar-refractivity contribution in [3.05, 3.63) is 53.9 Å². The van der Waals surface area contributed by atoms with Gasteiger partial charge in [0.25, 0.3) is 5.91 Å². The van der Waals surface area contributed by atoms with Crippen LogP contribution in [0.15, 0.2) is 42.6 Å². The minimum absolute atomic E-state index is 0.0714. The monoisotopic (exact) mass is 414 g/mol. The largest absolute Gasteiger partial charge is 0.503 e. The number of nitrogens with zero attached hydrogens (tertiary/aromatic N) is 1. The first-order valence-corrected chi connectivity index (χ1v) is 10.2. The fourth-order valence-corrected chi connectivity index (χ4v) is 3.26. The van der Waals surface area contributed by atoms with Gasteiger partial charge in [0.1, 0.15) is 12.1 Å². The van der Waals surface area contributed by atoms with Gasteiger partial charge < -0.3 is 19.9 Å². The van der Waals surface area contributed by atoms with Gasteiger partial charge in [0, 0.05) is 18.2 Å². The Kier molecular flexibility index (Phi) is 8.65. The van der Waals surface area contributed by atoms with Crippen molar-refractivity contribution in [3.63, 3.8) is 0 Å². The van der Waals surface area contributed by atoms with Gasteiger partial charge in [-0.1, -0.05) is 50.1 Å². The normalized spacial score (nSPS) is 13.7. The van der Waals surface area contributed by atoms with E-state index in [-0.39, 0.29) is 29.2 Å². The summed E-state index contributed by atoms with van der Waals surface area (Å²) < 4.78 is 10.7. The van der Waals surface area contributed by atoms with E-state index in [1.54, 1.807) is 0 Å². The van der Waals surface area contributed by atoms with E-state index in [1.165, 1.54) is 26.3 Å². The molecule has 0 fully saturated rings. The fourth-order valence-electron chi connectivity index (χ4n) is 3.26. The number of aromatic hydroxyl groups is 1. The maximum Gasteiger partial charge on any atom is 0.328 e. The Labute approximate surface area is 177 Å². The fraction of sp³-hybridized carbons (Fsp3) is 0.435. The second kappa shape index (κ2) is 11.2. The molecule has 7 heteroatoms. The second-order valence-corrected chi connectivity index (χ2v) is 7.21. The van der Waals surface area contributed by atoms with E-state index >= 15 is 0 Å². The van der Waals surface area contributed by atoms with Crippen LogP contribution in [0.4, 0.5) is 0 Å². The zero-order valence-electron chi connectivity index (χ0n) is 17.9. The second-order valence-electron chi connectivity index (χ2n) is 7.21. The molecule has 1 heterocycles. The van der Waals surface area contributed by atoms with Gasteiger partial charge in [-0.2, -0.15) is 0 Å². The van der Waals surface area contributed by atoms with Gasteiger partial charge in [0.15, 0.2) is 17.2 Å². The molecule has 2 N–H and O–H groups in total. The maximum atomic E-state index is 12.6. The van der Waals surface area contributed by atoms with Gasteiger partial charge in [0.2, 0.25) is 0 Å². The van der Waals surface area contributed by atoms with E-state index < -0.39 is 17.9 Å². The Morgan fingerprint density at radius 3 is 2.50 bits per heavy atom. The molecular formula is C23H30N2O5. The summed E-state index contributed by atoms with van der Waals surface area (Å²) in [6.45, 7) is 5.53. The number of nitrogens with one attached hydrogen (secondary N) is 1. The number of rotatable bonds is 10. The standard InChI is InChI=1S/C23H30N2O5/c1-5-6-12-18(17-10-8-7-9-11-17)16(3)30-23(28)15(2)25-22(27)20-21(26)19(29-4)13-14-24-20/h7-11,13-16,18,26H,5-6,12H2,1-4H3,(H,25,27)/t15-,16-,18-/m0/s1. The smallest absolute Gasteiger partial charge is 0.328 e. The maximum absolute atomic E-state index is 12.6. The Morgan fingerprint density at radius 2 is 1.87 bits per heavy atom. The number of carbonyl (C=O) groups excluding carboxylic acids is 2. The number of esters is 1. The Balaban J connectivity index is 2.03. The first kappa shape index (κ1) is 23.2. The van der Waals surface area contributed by atoms with E-state index in [0.717, 1.165) is 24.8 Å². The van der Waals surface area contributed by atoms with Crippen LogP contribution >= 0.6 is 0 Å². The van der Waals surface area contributed by atoms with E-state index in [1.807, 2.05) is 37.3 Å². The molecule has 1 amide bonds. The molecule has 0 unspecified atom stereocenters. The summed E-state index contributed by atoms with van der Waals surface area (Å²) in [7, 11) is 1.37. The minimum atomic E-state index is -0.907. The molecule has 162 valence electrons.